The minimum atomic E-state index is -0.305. The SMILES string of the molecule is O=C(NCCN1CCOC1=O)c1ccc([C@H]2CCCO2)s1. The van der Waals surface area contributed by atoms with Crippen molar-refractivity contribution in [2.75, 3.05) is 32.8 Å². The number of cyclic esters (lactones) is 1. The van der Waals surface area contributed by atoms with E-state index in [2.05, 4.69) is 5.32 Å². The monoisotopic (exact) mass is 310 g/mol. The van der Waals surface area contributed by atoms with E-state index in [1.165, 1.54) is 11.3 Å². The summed E-state index contributed by atoms with van der Waals surface area (Å²) in [6, 6.07) is 3.80. The molecule has 7 heteroatoms. The highest BCUT2D eigenvalue weighted by molar-refractivity contribution is 7.14. The first-order valence-corrected chi connectivity index (χ1v) is 7.97. The van der Waals surface area contributed by atoms with Gasteiger partial charge in [-0.3, -0.25) is 4.79 Å². The highest BCUT2D eigenvalue weighted by Crippen LogP contribution is 2.33. The third kappa shape index (κ3) is 3.36. The van der Waals surface area contributed by atoms with Gasteiger partial charge in [0.25, 0.3) is 5.91 Å². The van der Waals surface area contributed by atoms with Crippen molar-refractivity contribution in [1.82, 2.24) is 10.2 Å². The molecule has 0 unspecified atom stereocenters. The molecule has 0 aliphatic carbocycles. The number of nitrogens with one attached hydrogen (secondary N) is 1. The lowest BCUT2D eigenvalue weighted by molar-refractivity contribution is 0.0953. The summed E-state index contributed by atoms with van der Waals surface area (Å²) in [7, 11) is 0. The minimum absolute atomic E-state index is 0.100. The van der Waals surface area contributed by atoms with Crippen molar-refractivity contribution in [2.45, 2.75) is 18.9 Å². The van der Waals surface area contributed by atoms with E-state index in [1.54, 1.807) is 4.90 Å². The van der Waals surface area contributed by atoms with Crippen molar-refractivity contribution in [3.05, 3.63) is 21.9 Å². The van der Waals surface area contributed by atoms with Crippen LogP contribution in [0.25, 0.3) is 0 Å². The van der Waals surface area contributed by atoms with E-state index < -0.39 is 0 Å². The molecule has 6 nitrogen and oxygen atoms in total. The lowest BCUT2D eigenvalue weighted by Gasteiger charge is -2.12. The first-order chi connectivity index (χ1) is 10.2. The van der Waals surface area contributed by atoms with Gasteiger partial charge in [-0.25, -0.2) is 4.79 Å². The second-order valence-corrected chi connectivity index (χ2v) is 6.18. The van der Waals surface area contributed by atoms with Crippen LogP contribution in [0.4, 0.5) is 4.79 Å². The quantitative estimate of drug-likeness (QED) is 0.900. The van der Waals surface area contributed by atoms with Crippen LogP contribution in [0.3, 0.4) is 0 Å². The second kappa shape index (κ2) is 6.44. The summed E-state index contributed by atoms with van der Waals surface area (Å²) in [4.78, 5) is 26.7. The zero-order valence-corrected chi connectivity index (χ0v) is 12.5. The molecule has 0 saturated carbocycles. The van der Waals surface area contributed by atoms with Gasteiger partial charge in [0.1, 0.15) is 6.61 Å². The van der Waals surface area contributed by atoms with Gasteiger partial charge in [-0.05, 0) is 25.0 Å². The maximum absolute atomic E-state index is 12.1. The largest absolute Gasteiger partial charge is 0.448 e. The number of nitrogens with zero attached hydrogens (tertiary/aromatic N) is 1. The lowest BCUT2D eigenvalue weighted by atomic mass is 10.2. The third-order valence-electron chi connectivity index (χ3n) is 3.61. The van der Waals surface area contributed by atoms with Crippen molar-refractivity contribution in [2.24, 2.45) is 0 Å². The van der Waals surface area contributed by atoms with Crippen LogP contribution in [-0.4, -0.2) is 49.7 Å². The Bertz CT molecular complexity index is 525. The molecule has 2 aliphatic rings. The Balaban J connectivity index is 1.47. The fraction of sp³-hybridized carbons (Fsp3) is 0.571. The summed E-state index contributed by atoms with van der Waals surface area (Å²) < 4.78 is 10.4. The predicted octanol–water partition coefficient (Wildman–Crippen LogP) is 1.78. The number of carbonyl (C=O) groups excluding carboxylic acids is 2. The lowest BCUT2D eigenvalue weighted by Crippen LogP contribution is -2.35. The van der Waals surface area contributed by atoms with Gasteiger partial charge in [0.15, 0.2) is 0 Å². The number of hydrogen-bond acceptors (Lipinski definition) is 5. The molecule has 2 fully saturated rings. The summed E-state index contributed by atoms with van der Waals surface area (Å²) in [6.45, 7) is 2.74. The molecule has 0 bridgehead atoms. The van der Waals surface area contributed by atoms with Gasteiger partial charge in [0.05, 0.1) is 17.5 Å². The van der Waals surface area contributed by atoms with Gasteiger partial charge in [-0.15, -0.1) is 11.3 Å². The topological polar surface area (TPSA) is 67.9 Å². The molecule has 2 aliphatic heterocycles. The smallest absolute Gasteiger partial charge is 0.409 e. The standard InChI is InChI=1S/C14H18N2O4S/c17-13(15-5-6-16-7-9-20-14(16)18)12-4-3-11(21-12)10-2-1-8-19-10/h3-4,10H,1-2,5-9H2,(H,15,17)/t10-/m1/s1. The second-order valence-electron chi connectivity index (χ2n) is 5.06. The molecule has 2 amide bonds. The minimum Gasteiger partial charge on any atom is -0.448 e. The van der Waals surface area contributed by atoms with E-state index in [0.717, 1.165) is 24.3 Å². The van der Waals surface area contributed by atoms with Crippen LogP contribution >= 0.6 is 11.3 Å². The first-order valence-electron chi connectivity index (χ1n) is 7.15. The van der Waals surface area contributed by atoms with E-state index in [0.29, 0.717) is 31.1 Å². The van der Waals surface area contributed by atoms with Crippen molar-refractivity contribution >= 4 is 23.3 Å². The van der Waals surface area contributed by atoms with Gasteiger partial charge in [0, 0.05) is 24.6 Å². The maximum atomic E-state index is 12.1. The van der Waals surface area contributed by atoms with E-state index in [1.807, 2.05) is 12.1 Å². The average Bonchev–Trinajstić information content (AvgIpc) is 3.19. The molecule has 21 heavy (non-hydrogen) atoms. The summed E-state index contributed by atoms with van der Waals surface area (Å²) in [5, 5.41) is 2.83. The number of carbonyl (C=O) groups is 2. The zero-order valence-electron chi connectivity index (χ0n) is 11.7. The number of ether oxygens (including phenoxy) is 2. The Hall–Kier alpha value is -1.60. The van der Waals surface area contributed by atoms with Crippen LogP contribution in [-0.2, 0) is 9.47 Å². The van der Waals surface area contributed by atoms with E-state index in [9.17, 15) is 9.59 Å². The van der Waals surface area contributed by atoms with E-state index >= 15 is 0 Å². The summed E-state index contributed by atoms with van der Waals surface area (Å²) in [5.41, 5.74) is 0. The number of amides is 2. The third-order valence-corrected chi connectivity index (χ3v) is 4.79. The molecule has 0 spiro atoms. The Labute approximate surface area is 127 Å². The normalized spacial score (nSPS) is 21.6. The van der Waals surface area contributed by atoms with E-state index in [4.69, 9.17) is 9.47 Å². The molecule has 3 rings (SSSR count). The summed E-state index contributed by atoms with van der Waals surface area (Å²) in [5.74, 6) is -0.100. The molecule has 0 aromatic carbocycles. The van der Waals surface area contributed by atoms with Crippen LogP contribution in [0.1, 0.15) is 33.5 Å². The fourth-order valence-corrected chi connectivity index (χ4v) is 3.48. The van der Waals surface area contributed by atoms with Crippen LogP contribution in [0, 0.1) is 0 Å². The molecule has 1 atom stereocenters. The molecule has 2 saturated heterocycles. The van der Waals surface area contributed by atoms with Gasteiger partial charge >= 0.3 is 6.09 Å². The van der Waals surface area contributed by atoms with Crippen molar-refractivity contribution in [3.8, 4) is 0 Å². The van der Waals surface area contributed by atoms with Crippen molar-refractivity contribution in [3.63, 3.8) is 0 Å². The van der Waals surface area contributed by atoms with Crippen LogP contribution in [0.15, 0.2) is 12.1 Å². The molecular weight excluding hydrogens is 292 g/mol. The molecular formula is C14H18N2O4S. The first kappa shape index (κ1) is 14.3. The fourth-order valence-electron chi connectivity index (χ4n) is 2.47. The van der Waals surface area contributed by atoms with Gasteiger partial charge in [-0.2, -0.15) is 0 Å². The van der Waals surface area contributed by atoms with E-state index in [-0.39, 0.29) is 18.1 Å². The zero-order chi connectivity index (χ0) is 14.7. The predicted molar refractivity (Wildman–Crippen MR) is 77.5 cm³/mol. The molecule has 1 aromatic rings. The van der Waals surface area contributed by atoms with Crippen LogP contribution < -0.4 is 5.32 Å². The summed E-state index contributed by atoms with van der Waals surface area (Å²) >= 11 is 1.48. The molecule has 1 N–H and O–H groups in total. The summed E-state index contributed by atoms with van der Waals surface area (Å²) in [6.07, 6.45) is 1.95. The number of hydrogen-bond donors (Lipinski definition) is 1. The van der Waals surface area contributed by atoms with Crippen molar-refractivity contribution in [1.29, 1.82) is 0 Å². The highest BCUT2D eigenvalue weighted by Gasteiger charge is 2.22. The molecule has 114 valence electrons. The highest BCUT2D eigenvalue weighted by atomic mass is 32.1. The Morgan fingerprint density at radius 3 is 3.05 bits per heavy atom. The number of rotatable bonds is 5. The Morgan fingerprint density at radius 2 is 2.33 bits per heavy atom. The van der Waals surface area contributed by atoms with Crippen molar-refractivity contribution < 1.29 is 19.1 Å². The Morgan fingerprint density at radius 1 is 1.43 bits per heavy atom. The van der Waals surface area contributed by atoms with Crippen LogP contribution in [0.2, 0.25) is 0 Å². The molecule has 3 heterocycles. The number of thiophene rings is 1. The average molecular weight is 310 g/mol. The molecule has 1 aromatic heterocycles. The van der Waals surface area contributed by atoms with Gasteiger partial charge in [0.2, 0.25) is 0 Å². The van der Waals surface area contributed by atoms with Crippen LogP contribution in [0.5, 0.6) is 0 Å². The molecule has 0 radical (unpaired) electrons. The van der Waals surface area contributed by atoms with Gasteiger partial charge in [-0.1, -0.05) is 0 Å². The maximum Gasteiger partial charge on any atom is 0.409 e. The van der Waals surface area contributed by atoms with Gasteiger partial charge < -0.3 is 19.7 Å². The Kier molecular flexibility index (Phi) is 4.40.